The van der Waals surface area contributed by atoms with Gasteiger partial charge in [-0.3, -0.25) is 9.59 Å². The second kappa shape index (κ2) is 3.59. The van der Waals surface area contributed by atoms with Crippen molar-refractivity contribution in [1.82, 2.24) is 4.90 Å². The third-order valence-corrected chi connectivity index (χ3v) is 3.26. The number of primary amides is 1. The van der Waals surface area contributed by atoms with Crippen molar-refractivity contribution < 1.29 is 9.59 Å². The molecule has 1 aliphatic heterocycles. The molecular formula is C10H18N2O2. The zero-order valence-corrected chi connectivity index (χ0v) is 9.04. The van der Waals surface area contributed by atoms with E-state index in [0.717, 1.165) is 6.42 Å². The van der Waals surface area contributed by atoms with Crippen LogP contribution in [0.2, 0.25) is 0 Å². The molecule has 1 atom stereocenters. The summed E-state index contributed by atoms with van der Waals surface area (Å²) in [7, 11) is 0. The summed E-state index contributed by atoms with van der Waals surface area (Å²) in [4.78, 5) is 23.6. The summed E-state index contributed by atoms with van der Waals surface area (Å²) < 4.78 is 0. The number of nitrogens with zero attached hydrogens (tertiary/aromatic N) is 1. The van der Waals surface area contributed by atoms with Gasteiger partial charge in [-0.15, -0.1) is 0 Å². The molecule has 0 unspecified atom stereocenters. The van der Waals surface area contributed by atoms with Crippen LogP contribution in [-0.2, 0) is 9.59 Å². The van der Waals surface area contributed by atoms with E-state index in [4.69, 9.17) is 5.73 Å². The highest BCUT2D eigenvalue weighted by Crippen LogP contribution is 2.34. The number of piperidine rings is 1. The smallest absolute Gasteiger partial charge is 0.311 e. The molecule has 1 heterocycles. The molecule has 0 aromatic carbocycles. The van der Waals surface area contributed by atoms with Gasteiger partial charge in [0.2, 0.25) is 0 Å². The summed E-state index contributed by atoms with van der Waals surface area (Å²) in [6.45, 7) is 7.66. The van der Waals surface area contributed by atoms with Crippen LogP contribution in [0.5, 0.6) is 0 Å². The molecule has 2 amide bonds. The van der Waals surface area contributed by atoms with Gasteiger partial charge >= 0.3 is 11.8 Å². The minimum Gasteiger partial charge on any atom is -0.361 e. The van der Waals surface area contributed by atoms with E-state index in [0.29, 0.717) is 19.0 Å². The van der Waals surface area contributed by atoms with Gasteiger partial charge in [0.1, 0.15) is 0 Å². The SMILES string of the molecule is C[C@@H]1CCN(C(=O)C(N)=O)CC1(C)C. The number of rotatable bonds is 0. The summed E-state index contributed by atoms with van der Waals surface area (Å²) in [6.07, 6.45) is 0.937. The van der Waals surface area contributed by atoms with Crippen molar-refractivity contribution >= 4 is 11.8 Å². The van der Waals surface area contributed by atoms with Crippen molar-refractivity contribution in [2.75, 3.05) is 13.1 Å². The molecule has 4 nitrogen and oxygen atoms in total. The van der Waals surface area contributed by atoms with E-state index in [1.54, 1.807) is 4.90 Å². The van der Waals surface area contributed by atoms with E-state index in [9.17, 15) is 9.59 Å². The van der Waals surface area contributed by atoms with Gasteiger partial charge in [0.25, 0.3) is 0 Å². The highest BCUT2D eigenvalue weighted by Gasteiger charge is 2.35. The molecule has 4 heteroatoms. The average molecular weight is 198 g/mol. The zero-order valence-electron chi connectivity index (χ0n) is 9.04. The topological polar surface area (TPSA) is 63.4 Å². The third-order valence-electron chi connectivity index (χ3n) is 3.26. The fourth-order valence-corrected chi connectivity index (χ4v) is 1.80. The first-order chi connectivity index (χ1) is 6.34. The maximum atomic E-state index is 11.3. The summed E-state index contributed by atoms with van der Waals surface area (Å²) in [5.74, 6) is -0.834. The molecule has 80 valence electrons. The van der Waals surface area contributed by atoms with Gasteiger partial charge in [-0.2, -0.15) is 0 Å². The number of carbonyl (C=O) groups excluding carboxylic acids is 2. The second-order valence-electron chi connectivity index (χ2n) is 4.77. The first kappa shape index (κ1) is 11.0. The van der Waals surface area contributed by atoms with E-state index in [1.165, 1.54) is 0 Å². The van der Waals surface area contributed by atoms with Gasteiger partial charge in [-0.25, -0.2) is 0 Å². The summed E-state index contributed by atoms with van der Waals surface area (Å²) >= 11 is 0. The van der Waals surface area contributed by atoms with Crippen molar-refractivity contribution in [2.45, 2.75) is 27.2 Å². The Morgan fingerprint density at radius 1 is 1.43 bits per heavy atom. The highest BCUT2D eigenvalue weighted by atomic mass is 16.2. The molecule has 0 aromatic heterocycles. The Balaban J connectivity index is 2.69. The predicted octanol–water partition coefficient (Wildman–Crippen LogP) is 0.366. The number of nitrogens with two attached hydrogens (primary N) is 1. The van der Waals surface area contributed by atoms with Gasteiger partial charge < -0.3 is 10.6 Å². The van der Waals surface area contributed by atoms with Crippen LogP contribution in [0.3, 0.4) is 0 Å². The number of amides is 2. The fourth-order valence-electron chi connectivity index (χ4n) is 1.80. The summed E-state index contributed by atoms with van der Waals surface area (Å²) in [6, 6.07) is 0. The Bertz CT molecular complexity index is 261. The van der Waals surface area contributed by atoms with Gasteiger partial charge in [0.05, 0.1) is 0 Å². The quantitative estimate of drug-likeness (QED) is 0.571. The predicted molar refractivity (Wildman–Crippen MR) is 53.3 cm³/mol. The van der Waals surface area contributed by atoms with E-state index >= 15 is 0 Å². The van der Waals surface area contributed by atoms with Crippen LogP contribution in [0.4, 0.5) is 0 Å². The lowest BCUT2D eigenvalue weighted by Gasteiger charge is -2.42. The molecule has 14 heavy (non-hydrogen) atoms. The lowest BCUT2D eigenvalue weighted by molar-refractivity contribution is -0.147. The fraction of sp³-hybridized carbons (Fsp3) is 0.800. The van der Waals surface area contributed by atoms with Gasteiger partial charge in [0.15, 0.2) is 0 Å². The van der Waals surface area contributed by atoms with E-state index < -0.39 is 11.8 Å². The van der Waals surface area contributed by atoms with Crippen LogP contribution < -0.4 is 5.73 Å². The van der Waals surface area contributed by atoms with E-state index in [2.05, 4.69) is 20.8 Å². The molecule has 2 N–H and O–H groups in total. The maximum Gasteiger partial charge on any atom is 0.311 e. The maximum absolute atomic E-state index is 11.3. The molecule has 1 rings (SSSR count). The Kier molecular flexibility index (Phi) is 2.83. The molecule has 1 saturated heterocycles. The van der Waals surface area contributed by atoms with E-state index in [-0.39, 0.29) is 5.41 Å². The standard InChI is InChI=1S/C10H18N2O2/c1-7-4-5-12(6-10(7,2)3)9(14)8(11)13/h7H,4-6H2,1-3H3,(H2,11,13)/t7-/m1/s1. The van der Waals surface area contributed by atoms with Gasteiger partial charge in [0, 0.05) is 13.1 Å². The Morgan fingerprint density at radius 2 is 2.00 bits per heavy atom. The number of likely N-dealkylation sites (tertiary alicyclic amines) is 1. The summed E-state index contributed by atoms with van der Waals surface area (Å²) in [5.41, 5.74) is 5.03. The van der Waals surface area contributed by atoms with Crippen molar-refractivity contribution in [3.63, 3.8) is 0 Å². The van der Waals surface area contributed by atoms with Gasteiger partial charge in [-0.05, 0) is 17.8 Å². The first-order valence-electron chi connectivity index (χ1n) is 4.93. The third kappa shape index (κ3) is 2.05. The van der Waals surface area contributed by atoms with Crippen LogP contribution in [0.1, 0.15) is 27.2 Å². The second-order valence-corrected chi connectivity index (χ2v) is 4.77. The number of carbonyl (C=O) groups is 2. The highest BCUT2D eigenvalue weighted by molar-refractivity contribution is 6.34. The molecule has 1 fully saturated rings. The van der Waals surface area contributed by atoms with Gasteiger partial charge in [-0.1, -0.05) is 20.8 Å². The van der Waals surface area contributed by atoms with Crippen LogP contribution in [0, 0.1) is 11.3 Å². The molecular weight excluding hydrogens is 180 g/mol. The monoisotopic (exact) mass is 198 g/mol. The van der Waals surface area contributed by atoms with Crippen LogP contribution in [-0.4, -0.2) is 29.8 Å². The first-order valence-corrected chi connectivity index (χ1v) is 4.93. The molecule has 1 aliphatic rings. The van der Waals surface area contributed by atoms with Crippen molar-refractivity contribution in [3.8, 4) is 0 Å². The lowest BCUT2D eigenvalue weighted by atomic mass is 9.75. The molecule has 0 saturated carbocycles. The molecule has 0 bridgehead atoms. The van der Waals surface area contributed by atoms with E-state index in [1.807, 2.05) is 0 Å². The van der Waals surface area contributed by atoms with Crippen molar-refractivity contribution in [2.24, 2.45) is 17.1 Å². The Labute approximate surface area is 84.4 Å². The largest absolute Gasteiger partial charge is 0.361 e. The number of hydrogen-bond acceptors (Lipinski definition) is 2. The van der Waals surface area contributed by atoms with Crippen LogP contribution in [0.25, 0.3) is 0 Å². The lowest BCUT2D eigenvalue weighted by Crippen LogP contribution is -2.50. The average Bonchev–Trinajstić information content (AvgIpc) is 2.08. The number of hydrogen-bond donors (Lipinski definition) is 1. The Hall–Kier alpha value is -1.06. The molecule has 0 radical (unpaired) electrons. The molecule has 0 spiro atoms. The van der Waals surface area contributed by atoms with Crippen molar-refractivity contribution in [1.29, 1.82) is 0 Å². The Morgan fingerprint density at radius 3 is 2.43 bits per heavy atom. The summed E-state index contributed by atoms with van der Waals surface area (Å²) in [5, 5.41) is 0. The van der Waals surface area contributed by atoms with Crippen LogP contribution >= 0.6 is 0 Å². The normalized spacial score (nSPS) is 25.9. The molecule has 0 aliphatic carbocycles. The van der Waals surface area contributed by atoms with Crippen molar-refractivity contribution in [3.05, 3.63) is 0 Å². The molecule has 0 aromatic rings. The zero-order chi connectivity index (χ0) is 10.9. The minimum atomic E-state index is -0.852. The van der Waals surface area contributed by atoms with Crippen LogP contribution in [0.15, 0.2) is 0 Å². The minimum absolute atomic E-state index is 0.0728.